The highest BCUT2D eigenvalue weighted by atomic mass is 16.5. The van der Waals surface area contributed by atoms with Crippen LogP contribution >= 0.6 is 0 Å². The van der Waals surface area contributed by atoms with Crippen molar-refractivity contribution in [3.05, 3.63) is 41.5 Å². The molecule has 1 atom stereocenters. The zero-order valence-electron chi connectivity index (χ0n) is 10.6. The van der Waals surface area contributed by atoms with Gasteiger partial charge in [-0.3, -0.25) is 0 Å². The minimum absolute atomic E-state index is 0.140. The van der Waals surface area contributed by atoms with Crippen LogP contribution in [-0.4, -0.2) is 16.7 Å². The standard InChI is InChI=1S/C13H17N3O2/c1-3-17-9(2)13-15-12(18-16-13)8-10-4-6-11(14)7-5-10/h4-7,9H,3,8,14H2,1-2H3. The molecule has 5 nitrogen and oxygen atoms in total. The summed E-state index contributed by atoms with van der Waals surface area (Å²) in [5.74, 6) is 1.17. The van der Waals surface area contributed by atoms with Crippen LogP contribution in [0.2, 0.25) is 0 Å². The lowest BCUT2D eigenvalue weighted by molar-refractivity contribution is 0.0683. The fourth-order valence-corrected chi connectivity index (χ4v) is 1.64. The number of nitrogen functional groups attached to an aromatic ring is 1. The Bertz CT molecular complexity index is 493. The minimum atomic E-state index is -0.140. The van der Waals surface area contributed by atoms with Gasteiger partial charge >= 0.3 is 0 Å². The molecule has 0 aliphatic carbocycles. The van der Waals surface area contributed by atoms with Crippen LogP contribution in [0.5, 0.6) is 0 Å². The summed E-state index contributed by atoms with van der Waals surface area (Å²) in [6.45, 7) is 4.47. The molecule has 0 bridgehead atoms. The number of hydrogen-bond donors (Lipinski definition) is 1. The second-order valence-corrected chi connectivity index (χ2v) is 4.06. The average Bonchev–Trinajstić information content (AvgIpc) is 2.81. The summed E-state index contributed by atoms with van der Waals surface area (Å²) in [5.41, 5.74) is 7.46. The fraction of sp³-hybridized carbons (Fsp3) is 0.385. The maximum Gasteiger partial charge on any atom is 0.231 e. The van der Waals surface area contributed by atoms with Gasteiger partial charge in [0.1, 0.15) is 6.10 Å². The first-order chi connectivity index (χ1) is 8.69. The van der Waals surface area contributed by atoms with Gasteiger partial charge in [0.2, 0.25) is 5.89 Å². The van der Waals surface area contributed by atoms with Crippen LogP contribution in [0.3, 0.4) is 0 Å². The van der Waals surface area contributed by atoms with Crippen molar-refractivity contribution in [1.29, 1.82) is 0 Å². The largest absolute Gasteiger partial charge is 0.399 e. The highest BCUT2D eigenvalue weighted by molar-refractivity contribution is 5.39. The minimum Gasteiger partial charge on any atom is -0.399 e. The smallest absolute Gasteiger partial charge is 0.231 e. The molecule has 1 heterocycles. The zero-order chi connectivity index (χ0) is 13.0. The van der Waals surface area contributed by atoms with Gasteiger partial charge in [-0.15, -0.1) is 0 Å². The van der Waals surface area contributed by atoms with Crippen molar-refractivity contribution in [2.75, 3.05) is 12.3 Å². The third-order valence-electron chi connectivity index (χ3n) is 2.60. The summed E-state index contributed by atoms with van der Waals surface area (Å²) >= 11 is 0. The third kappa shape index (κ3) is 3.07. The SMILES string of the molecule is CCOC(C)c1noc(Cc2ccc(N)cc2)n1. The van der Waals surface area contributed by atoms with Crippen LogP contribution in [0, 0.1) is 0 Å². The molecular formula is C13H17N3O2. The summed E-state index contributed by atoms with van der Waals surface area (Å²) in [7, 11) is 0. The highest BCUT2D eigenvalue weighted by Gasteiger charge is 2.13. The first-order valence-corrected chi connectivity index (χ1v) is 5.97. The third-order valence-corrected chi connectivity index (χ3v) is 2.60. The van der Waals surface area contributed by atoms with Crippen LogP contribution in [0.4, 0.5) is 5.69 Å². The number of rotatable bonds is 5. The Balaban J connectivity index is 2.04. The Morgan fingerprint density at radius 1 is 1.33 bits per heavy atom. The van der Waals surface area contributed by atoms with Crippen molar-refractivity contribution in [3.63, 3.8) is 0 Å². The van der Waals surface area contributed by atoms with E-state index in [-0.39, 0.29) is 6.10 Å². The number of hydrogen-bond acceptors (Lipinski definition) is 5. The summed E-state index contributed by atoms with van der Waals surface area (Å²) < 4.78 is 10.6. The van der Waals surface area contributed by atoms with Gasteiger partial charge in [-0.2, -0.15) is 4.98 Å². The Labute approximate surface area is 106 Å². The molecule has 0 amide bonds. The number of nitrogens with zero attached hydrogens (tertiary/aromatic N) is 2. The first kappa shape index (κ1) is 12.6. The topological polar surface area (TPSA) is 74.2 Å². The molecule has 0 saturated heterocycles. The lowest BCUT2D eigenvalue weighted by atomic mass is 10.1. The predicted octanol–water partition coefficient (Wildman–Crippen LogP) is 2.34. The predicted molar refractivity (Wildman–Crippen MR) is 68.0 cm³/mol. The van der Waals surface area contributed by atoms with Gasteiger partial charge < -0.3 is 15.0 Å². The van der Waals surface area contributed by atoms with Gasteiger partial charge in [-0.1, -0.05) is 17.3 Å². The van der Waals surface area contributed by atoms with Gasteiger partial charge in [0.15, 0.2) is 5.82 Å². The average molecular weight is 247 g/mol. The van der Waals surface area contributed by atoms with Gasteiger partial charge in [-0.25, -0.2) is 0 Å². The number of benzene rings is 1. The second kappa shape index (κ2) is 5.64. The summed E-state index contributed by atoms with van der Waals surface area (Å²) in [6, 6.07) is 7.61. The van der Waals surface area contributed by atoms with Crippen LogP contribution in [0.25, 0.3) is 0 Å². The van der Waals surface area contributed by atoms with Crippen molar-refractivity contribution in [1.82, 2.24) is 10.1 Å². The molecule has 0 fully saturated rings. The Hall–Kier alpha value is -1.88. The lowest BCUT2D eigenvalue weighted by Crippen LogP contribution is -2.01. The van der Waals surface area contributed by atoms with Gasteiger partial charge in [0.05, 0.1) is 6.42 Å². The Kier molecular flexibility index (Phi) is 3.94. The van der Waals surface area contributed by atoms with Crippen molar-refractivity contribution in [3.8, 4) is 0 Å². The number of ether oxygens (including phenoxy) is 1. The van der Waals surface area contributed by atoms with Crippen molar-refractivity contribution in [2.45, 2.75) is 26.4 Å². The van der Waals surface area contributed by atoms with E-state index in [0.717, 1.165) is 11.3 Å². The molecule has 0 spiro atoms. The maximum atomic E-state index is 5.63. The molecule has 5 heteroatoms. The van der Waals surface area contributed by atoms with Crippen molar-refractivity contribution in [2.24, 2.45) is 0 Å². The van der Waals surface area contributed by atoms with Crippen LogP contribution < -0.4 is 5.73 Å². The molecule has 18 heavy (non-hydrogen) atoms. The summed E-state index contributed by atoms with van der Waals surface area (Å²) in [4.78, 5) is 4.31. The van der Waals surface area contributed by atoms with E-state index in [0.29, 0.717) is 24.7 Å². The van der Waals surface area contributed by atoms with Crippen LogP contribution in [-0.2, 0) is 11.2 Å². The maximum absolute atomic E-state index is 5.63. The van der Waals surface area contributed by atoms with Crippen molar-refractivity contribution >= 4 is 5.69 Å². The van der Waals surface area contributed by atoms with Gasteiger partial charge in [-0.05, 0) is 31.5 Å². The zero-order valence-corrected chi connectivity index (χ0v) is 10.6. The summed E-state index contributed by atoms with van der Waals surface area (Å²) in [6.07, 6.45) is 0.463. The molecule has 1 unspecified atom stereocenters. The Morgan fingerprint density at radius 3 is 2.72 bits per heavy atom. The van der Waals surface area contributed by atoms with Gasteiger partial charge in [0.25, 0.3) is 0 Å². The molecule has 2 N–H and O–H groups in total. The first-order valence-electron chi connectivity index (χ1n) is 5.97. The second-order valence-electron chi connectivity index (χ2n) is 4.06. The van der Waals surface area contributed by atoms with Crippen LogP contribution in [0.15, 0.2) is 28.8 Å². The van der Waals surface area contributed by atoms with Crippen LogP contribution in [0.1, 0.15) is 37.2 Å². The molecule has 1 aromatic carbocycles. The van der Waals surface area contributed by atoms with E-state index in [1.165, 1.54) is 0 Å². The molecule has 0 saturated carbocycles. The fourth-order valence-electron chi connectivity index (χ4n) is 1.64. The van der Waals surface area contributed by atoms with E-state index >= 15 is 0 Å². The van der Waals surface area contributed by atoms with E-state index in [2.05, 4.69) is 10.1 Å². The van der Waals surface area contributed by atoms with E-state index in [1.807, 2.05) is 38.1 Å². The van der Waals surface area contributed by atoms with E-state index in [9.17, 15) is 0 Å². The molecule has 0 aliphatic heterocycles. The molecule has 0 aliphatic rings. The highest BCUT2D eigenvalue weighted by Crippen LogP contribution is 2.15. The Morgan fingerprint density at radius 2 is 2.06 bits per heavy atom. The van der Waals surface area contributed by atoms with Crippen molar-refractivity contribution < 1.29 is 9.26 Å². The lowest BCUT2D eigenvalue weighted by Gasteiger charge is -2.04. The molecule has 1 aromatic heterocycles. The normalized spacial score (nSPS) is 12.6. The van der Waals surface area contributed by atoms with E-state index in [1.54, 1.807) is 0 Å². The monoisotopic (exact) mass is 247 g/mol. The quantitative estimate of drug-likeness (QED) is 0.821. The van der Waals surface area contributed by atoms with Gasteiger partial charge in [0, 0.05) is 12.3 Å². The molecule has 96 valence electrons. The number of nitrogens with two attached hydrogens (primary N) is 1. The van der Waals surface area contributed by atoms with E-state index < -0.39 is 0 Å². The molecule has 2 aromatic rings. The van der Waals surface area contributed by atoms with E-state index in [4.69, 9.17) is 15.0 Å². The number of aromatic nitrogens is 2. The molecule has 0 radical (unpaired) electrons. The molecular weight excluding hydrogens is 230 g/mol. The molecule has 2 rings (SSSR count). The number of anilines is 1. The summed E-state index contributed by atoms with van der Waals surface area (Å²) in [5, 5.41) is 3.91.